The summed E-state index contributed by atoms with van der Waals surface area (Å²) in [5, 5.41) is 11.1. The van der Waals surface area contributed by atoms with Crippen molar-refractivity contribution in [2.45, 2.75) is 5.22 Å². The number of rotatable bonds is 14. The number of ether oxygens (including phenoxy) is 6. The van der Waals surface area contributed by atoms with Crippen LogP contribution in [0.2, 0.25) is 0 Å². The first-order chi connectivity index (χ1) is 21.3. The molecule has 13 heteroatoms. The molecular formula is C31H31N3O9S. The van der Waals surface area contributed by atoms with Crippen LogP contribution in [0.15, 0.2) is 64.2 Å². The molecule has 1 heterocycles. The largest absolute Gasteiger partial charge is 0.493 e. The first-order valence-corrected chi connectivity index (χ1v) is 14.0. The monoisotopic (exact) mass is 621 g/mol. The molecule has 0 radical (unpaired) electrons. The van der Waals surface area contributed by atoms with Gasteiger partial charge in [-0.05, 0) is 60.2 Å². The second kappa shape index (κ2) is 14.8. The average Bonchev–Trinajstić information content (AvgIpc) is 3.54. The van der Waals surface area contributed by atoms with Gasteiger partial charge in [0.1, 0.15) is 0 Å². The summed E-state index contributed by atoms with van der Waals surface area (Å²) in [6.07, 6.45) is 3.10. The lowest BCUT2D eigenvalue weighted by molar-refractivity contribution is -0.113. The third-order valence-corrected chi connectivity index (χ3v) is 7.03. The molecule has 0 aliphatic heterocycles. The van der Waals surface area contributed by atoms with Crippen LogP contribution in [0.3, 0.4) is 0 Å². The fourth-order valence-corrected chi connectivity index (χ4v) is 4.66. The molecule has 1 N–H and O–H groups in total. The smallest absolute Gasteiger partial charge is 0.277 e. The molecule has 0 spiro atoms. The van der Waals surface area contributed by atoms with Gasteiger partial charge in [0.05, 0.1) is 48.4 Å². The van der Waals surface area contributed by atoms with Crippen LogP contribution in [0.25, 0.3) is 17.5 Å². The van der Waals surface area contributed by atoms with E-state index in [-0.39, 0.29) is 28.6 Å². The molecule has 0 atom stereocenters. The number of benzene rings is 3. The number of carbonyl (C=O) groups is 2. The predicted octanol–water partition coefficient (Wildman–Crippen LogP) is 5.42. The lowest BCUT2D eigenvalue weighted by Gasteiger charge is -2.12. The maximum atomic E-state index is 12.7. The van der Waals surface area contributed by atoms with Gasteiger partial charge in [-0.2, -0.15) is 0 Å². The minimum Gasteiger partial charge on any atom is -0.493 e. The quantitative estimate of drug-likeness (QED) is 0.109. The molecule has 0 saturated heterocycles. The molecule has 44 heavy (non-hydrogen) atoms. The number of anilines is 1. The summed E-state index contributed by atoms with van der Waals surface area (Å²) < 4.78 is 37.8. The first-order valence-electron chi connectivity index (χ1n) is 13.0. The molecule has 0 unspecified atom stereocenters. The van der Waals surface area contributed by atoms with Crippen LogP contribution in [0, 0.1) is 0 Å². The molecule has 0 fully saturated rings. The number of hydrogen-bond acceptors (Lipinski definition) is 12. The Kier molecular flexibility index (Phi) is 10.7. The minimum atomic E-state index is -0.288. The first kappa shape index (κ1) is 31.8. The second-order valence-electron chi connectivity index (χ2n) is 8.86. The Morgan fingerprint density at radius 2 is 1.32 bits per heavy atom. The summed E-state index contributed by atoms with van der Waals surface area (Å²) in [5.41, 5.74) is 2.25. The molecule has 0 bridgehead atoms. The molecule has 3 aromatic carbocycles. The molecule has 1 aromatic heterocycles. The van der Waals surface area contributed by atoms with E-state index in [1.807, 2.05) is 0 Å². The number of allylic oxidation sites excluding steroid dienone is 1. The summed E-state index contributed by atoms with van der Waals surface area (Å²) in [6.45, 7) is 0. The van der Waals surface area contributed by atoms with E-state index in [2.05, 4.69) is 15.5 Å². The van der Waals surface area contributed by atoms with E-state index >= 15 is 0 Å². The Morgan fingerprint density at radius 1 is 0.773 bits per heavy atom. The van der Waals surface area contributed by atoms with E-state index in [0.29, 0.717) is 56.9 Å². The van der Waals surface area contributed by atoms with Crippen molar-refractivity contribution in [3.05, 3.63) is 65.7 Å². The summed E-state index contributed by atoms with van der Waals surface area (Å²) in [4.78, 5) is 25.3. The van der Waals surface area contributed by atoms with Crippen molar-refractivity contribution in [1.82, 2.24) is 10.2 Å². The van der Waals surface area contributed by atoms with Crippen molar-refractivity contribution in [1.29, 1.82) is 0 Å². The predicted molar refractivity (Wildman–Crippen MR) is 165 cm³/mol. The minimum absolute atomic E-state index is 0.0229. The van der Waals surface area contributed by atoms with Gasteiger partial charge >= 0.3 is 0 Å². The van der Waals surface area contributed by atoms with E-state index in [4.69, 9.17) is 32.8 Å². The zero-order chi connectivity index (χ0) is 31.6. The highest BCUT2D eigenvalue weighted by atomic mass is 32.2. The van der Waals surface area contributed by atoms with Crippen LogP contribution < -0.4 is 33.7 Å². The SMILES string of the molecule is COc1cc(/C=C/C(=O)c2ccc(NC(=O)CSc3nnc(-c4cc(OC)c(OC)c(OC)c4)o3)cc2)cc(OC)c1OC. The van der Waals surface area contributed by atoms with Crippen molar-refractivity contribution in [3.63, 3.8) is 0 Å². The summed E-state index contributed by atoms with van der Waals surface area (Å²) >= 11 is 1.08. The highest BCUT2D eigenvalue weighted by Crippen LogP contribution is 2.41. The standard InChI is InChI=1S/C31H31N3O9S/c1-37-23-13-18(14-24(38-2)28(23)41-5)7-12-22(35)19-8-10-21(11-9-19)32-27(36)17-44-31-34-33-30(43-31)20-15-25(39-3)29(42-6)26(16-20)40-4/h7-16H,17H2,1-6H3,(H,32,36)/b12-7+. The normalized spacial score (nSPS) is 10.8. The second-order valence-corrected chi connectivity index (χ2v) is 9.78. The molecule has 0 aliphatic rings. The molecule has 1 amide bonds. The molecule has 230 valence electrons. The third-order valence-electron chi connectivity index (χ3n) is 6.21. The number of methoxy groups -OCH3 is 6. The summed E-state index contributed by atoms with van der Waals surface area (Å²) in [7, 11) is 9.10. The number of ketones is 1. The van der Waals surface area contributed by atoms with Gasteiger partial charge in [0, 0.05) is 16.8 Å². The number of amides is 1. The number of hydrogen-bond donors (Lipinski definition) is 1. The van der Waals surface area contributed by atoms with Crippen LogP contribution in [0.4, 0.5) is 5.69 Å². The fourth-order valence-electron chi connectivity index (χ4n) is 4.10. The lowest BCUT2D eigenvalue weighted by atomic mass is 10.1. The lowest BCUT2D eigenvalue weighted by Crippen LogP contribution is -2.14. The molecular weight excluding hydrogens is 590 g/mol. The Hall–Kier alpha value is -5.17. The Morgan fingerprint density at radius 3 is 1.84 bits per heavy atom. The van der Waals surface area contributed by atoms with Crippen molar-refractivity contribution >= 4 is 35.2 Å². The number of carbonyl (C=O) groups excluding carboxylic acids is 2. The van der Waals surface area contributed by atoms with E-state index in [9.17, 15) is 9.59 Å². The van der Waals surface area contributed by atoms with Crippen LogP contribution in [-0.2, 0) is 4.79 Å². The Balaban J connectivity index is 1.34. The number of nitrogens with one attached hydrogen (secondary N) is 1. The molecule has 0 aliphatic carbocycles. The highest BCUT2D eigenvalue weighted by Gasteiger charge is 2.18. The maximum Gasteiger partial charge on any atom is 0.277 e. The van der Waals surface area contributed by atoms with Crippen LogP contribution >= 0.6 is 11.8 Å². The zero-order valence-corrected chi connectivity index (χ0v) is 25.8. The van der Waals surface area contributed by atoms with Gasteiger partial charge in [-0.15, -0.1) is 10.2 Å². The van der Waals surface area contributed by atoms with Gasteiger partial charge in [-0.1, -0.05) is 17.8 Å². The third kappa shape index (κ3) is 7.42. The maximum absolute atomic E-state index is 12.7. The average molecular weight is 622 g/mol. The van der Waals surface area contributed by atoms with Crippen LogP contribution in [0.5, 0.6) is 34.5 Å². The van der Waals surface area contributed by atoms with Crippen molar-refractivity contribution in [2.24, 2.45) is 0 Å². The van der Waals surface area contributed by atoms with E-state index in [1.54, 1.807) is 54.6 Å². The van der Waals surface area contributed by atoms with E-state index in [1.165, 1.54) is 48.7 Å². The number of thioether (sulfide) groups is 1. The Bertz CT molecular complexity index is 1600. The van der Waals surface area contributed by atoms with E-state index in [0.717, 1.165) is 11.8 Å². The fraction of sp³-hybridized carbons (Fsp3) is 0.226. The van der Waals surface area contributed by atoms with Gasteiger partial charge in [-0.3, -0.25) is 9.59 Å². The summed E-state index contributed by atoms with van der Waals surface area (Å²) in [5.74, 6) is 2.50. The van der Waals surface area contributed by atoms with Crippen LogP contribution in [0.1, 0.15) is 15.9 Å². The van der Waals surface area contributed by atoms with Gasteiger partial charge in [0.25, 0.3) is 5.22 Å². The molecule has 4 rings (SSSR count). The zero-order valence-electron chi connectivity index (χ0n) is 25.0. The number of nitrogens with zero attached hydrogens (tertiary/aromatic N) is 2. The van der Waals surface area contributed by atoms with Gasteiger partial charge in [0.15, 0.2) is 28.8 Å². The highest BCUT2D eigenvalue weighted by molar-refractivity contribution is 7.99. The van der Waals surface area contributed by atoms with Crippen molar-refractivity contribution in [3.8, 4) is 46.0 Å². The summed E-state index contributed by atoms with van der Waals surface area (Å²) in [6, 6.07) is 13.4. The molecule has 12 nitrogen and oxygen atoms in total. The molecule has 4 aromatic rings. The van der Waals surface area contributed by atoms with Gasteiger partial charge in [0.2, 0.25) is 23.3 Å². The van der Waals surface area contributed by atoms with Crippen LogP contribution in [-0.4, -0.2) is 70.3 Å². The Labute approximate surface area is 258 Å². The van der Waals surface area contributed by atoms with Crippen molar-refractivity contribution < 1.29 is 42.4 Å². The van der Waals surface area contributed by atoms with Gasteiger partial charge in [-0.25, -0.2) is 0 Å². The number of aromatic nitrogens is 2. The van der Waals surface area contributed by atoms with Crippen molar-refractivity contribution in [2.75, 3.05) is 53.7 Å². The van der Waals surface area contributed by atoms with E-state index < -0.39 is 0 Å². The molecule has 0 saturated carbocycles. The topological polar surface area (TPSA) is 140 Å². The van der Waals surface area contributed by atoms with Gasteiger partial charge < -0.3 is 38.2 Å².